The van der Waals surface area contributed by atoms with Gasteiger partial charge in [-0.25, -0.2) is 0 Å². The second-order valence-corrected chi connectivity index (χ2v) is 5.03. The molecule has 1 saturated heterocycles. The summed E-state index contributed by atoms with van der Waals surface area (Å²) in [5.41, 5.74) is 0. The molecule has 0 aromatic heterocycles. The van der Waals surface area contributed by atoms with Gasteiger partial charge in [-0.1, -0.05) is 13.3 Å². The van der Waals surface area contributed by atoms with Crippen LogP contribution in [0, 0.1) is 5.92 Å². The zero-order valence-corrected chi connectivity index (χ0v) is 11.4. The SMILES string of the molecule is CC1CCCC1NC(=O)[C@H]1NCCO[C@@H]1C.Cl. The van der Waals surface area contributed by atoms with Crippen LogP contribution in [0.1, 0.15) is 33.1 Å². The number of nitrogens with one attached hydrogen (secondary N) is 2. The highest BCUT2D eigenvalue weighted by atomic mass is 35.5. The largest absolute Gasteiger partial charge is 0.375 e. The number of carbonyl (C=O) groups is 1. The Kier molecular flexibility index (Phi) is 5.70. The van der Waals surface area contributed by atoms with E-state index in [1.807, 2.05) is 6.92 Å². The summed E-state index contributed by atoms with van der Waals surface area (Å²) >= 11 is 0. The van der Waals surface area contributed by atoms with Crippen LogP contribution < -0.4 is 10.6 Å². The lowest BCUT2D eigenvalue weighted by molar-refractivity contribution is -0.129. The molecular formula is C12H23ClN2O2. The third-order valence-corrected chi connectivity index (χ3v) is 3.79. The minimum atomic E-state index is -0.179. The molecule has 0 spiro atoms. The van der Waals surface area contributed by atoms with E-state index in [1.165, 1.54) is 12.8 Å². The first-order valence-corrected chi connectivity index (χ1v) is 6.34. The molecule has 2 unspecified atom stereocenters. The molecule has 2 rings (SSSR count). The highest BCUT2D eigenvalue weighted by Gasteiger charge is 2.32. The van der Waals surface area contributed by atoms with E-state index >= 15 is 0 Å². The Morgan fingerprint density at radius 1 is 1.35 bits per heavy atom. The van der Waals surface area contributed by atoms with Crippen LogP contribution in [-0.2, 0) is 9.53 Å². The molecule has 1 heterocycles. The fraction of sp³-hybridized carbons (Fsp3) is 0.917. The zero-order chi connectivity index (χ0) is 11.5. The maximum Gasteiger partial charge on any atom is 0.240 e. The number of carbonyl (C=O) groups excluding carboxylic acids is 1. The lowest BCUT2D eigenvalue weighted by Crippen LogP contribution is -2.57. The molecule has 0 radical (unpaired) electrons. The van der Waals surface area contributed by atoms with Gasteiger partial charge in [0.1, 0.15) is 6.04 Å². The second kappa shape index (κ2) is 6.57. The van der Waals surface area contributed by atoms with Crippen molar-refractivity contribution in [2.75, 3.05) is 13.2 Å². The number of morpholine rings is 1. The van der Waals surface area contributed by atoms with E-state index in [1.54, 1.807) is 0 Å². The normalized spacial score (nSPS) is 37.3. The van der Waals surface area contributed by atoms with Gasteiger partial charge in [0.15, 0.2) is 0 Å². The smallest absolute Gasteiger partial charge is 0.240 e. The number of hydrogen-bond donors (Lipinski definition) is 2. The van der Waals surface area contributed by atoms with Crippen LogP contribution in [0.25, 0.3) is 0 Å². The van der Waals surface area contributed by atoms with E-state index in [0.29, 0.717) is 18.6 Å². The Morgan fingerprint density at radius 2 is 2.12 bits per heavy atom. The van der Waals surface area contributed by atoms with Crippen molar-refractivity contribution < 1.29 is 9.53 Å². The Morgan fingerprint density at radius 3 is 2.71 bits per heavy atom. The average molecular weight is 263 g/mol. The van der Waals surface area contributed by atoms with Crippen molar-refractivity contribution in [1.82, 2.24) is 10.6 Å². The van der Waals surface area contributed by atoms with E-state index in [2.05, 4.69) is 17.6 Å². The first-order valence-electron chi connectivity index (χ1n) is 6.34. The molecule has 0 bridgehead atoms. The summed E-state index contributed by atoms with van der Waals surface area (Å²) < 4.78 is 5.48. The van der Waals surface area contributed by atoms with Gasteiger partial charge in [-0.15, -0.1) is 12.4 Å². The molecule has 1 amide bonds. The van der Waals surface area contributed by atoms with Crippen molar-refractivity contribution in [2.45, 2.75) is 51.3 Å². The predicted octanol–water partition coefficient (Wildman–Crippen LogP) is 1.09. The van der Waals surface area contributed by atoms with Gasteiger partial charge < -0.3 is 15.4 Å². The highest BCUT2D eigenvalue weighted by molar-refractivity contribution is 5.85. The Balaban J connectivity index is 0.00000144. The van der Waals surface area contributed by atoms with Crippen LogP contribution >= 0.6 is 12.4 Å². The van der Waals surface area contributed by atoms with Gasteiger partial charge in [-0.3, -0.25) is 4.79 Å². The molecule has 1 saturated carbocycles. The summed E-state index contributed by atoms with van der Waals surface area (Å²) in [4.78, 5) is 12.1. The van der Waals surface area contributed by atoms with Crippen LogP contribution in [0.3, 0.4) is 0 Å². The van der Waals surface area contributed by atoms with Gasteiger partial charge in [0.05, 0.1) is 12.7 Å². The van der Waals surface area contributed by atoms with Crippen molar-refractivity contribution in [3.63, 3.8) is 0 Å². The minimum absolute atomic E-state index is 0. The fourth-order valence-electron chi connectivity index (χ4n) is 2.66. The van der Waals surface area contributed by atoms with Crippen LogP contribution in [0.15, 0.2) is 0 Å². The molecule has 2 fully saturated rings. The van der Waals surface area contributed by atoms with E-state index in [-0.39, 0.29) is 30.5 Å². The molecule has 2 aliphatic rings. The molecular weight excluding hydrogens is 240 g/mol. The van der Waals surface area contributed by atoms with Gasteiger partial charge >= 0.3 is 0 Å². The molecule has 5 heteroatoms. The van der Waals surface area contributed by atoms with Crippen molar-refractivity contribution in [1.29, 1.82) is 0 Å². The highest BCUT2D eigenvalue weighted by Crippen LogP contribution is 2.24. The standard InChI is InChI=1S/C12H22N2O2.ClH/c1-8-4-3-5-10(8)14-12(15)11-9(2)16-7-6-13-11;/h8-11,13H,3-7H2,1-2H3,(H,14,15);1H/t8?,9-,10?,11+;/m1./s1. The Bertz CT molecular complexity index is 263. The molecule has 0 aromatic carbocycles. The lowest BCUT2D eigenvalue weighted by atomic mass is 10.0. The number of amides is 1. The summed E-state index contributed by atoms with van der Waals surface area (Å²) in [6, 6.07) is 0.185. The van der Waals surface area contributed by atoms with Gasteiger partial charge in [0, 0.05) is 12.6 Å². The molecule has 4 nitrogen and oxygen atoms in total. The molecule has 17 heavy (non-hydrogen) atoms. The van der Waals surface area contributed by atoms with Crippen molar-refractivity contribution in [3.05, 3.63) is 0 Å². The van der Waals surface area contributed by atoms with Crippen LogP contribution in [0.4, 0.5) is 0 Å². The topological polar surface area (TPSA) is 50.4 Å². The van der Waals surface area contributed by atoms with Gasteiger partial charge in [-0.05, 0) is 25.7 Å². The maximum atomic E-state index is 12.1. The second-order valence-electron chi connectivity index (χ2n) is 5.03. The van der Waals surface area contributed by atoms with Crippen molar-refractivity contribution in [2.24, 2.45) is 5.92 Å². The molecule has 4 atom stereocenters. The summed E-state index contributed by atoms with van der Waals surface area (Å²) in [6.45, 7) is 5.63. The van der Waals surface area contributed by atoms with Crippen LogP contribution in [-0.4, -0.2) is 37.2 Å². The van der Waals surface area contributed by atoms with Crippen LogP contribution in [0.2, 0.25) is 0 Å². The third-order valence-electron chi connectivity index (χ3n) is 3.79. The number of hydrogen-bond acceptors (Lipinski definition) is 3. The van der Waals surface area contributed by atoms with E-state index < -0.39 is 0 Å². The number of rotatable bonds is 2. The Labute approximate surface area is 109 Å². The summed E-state index contributed by atoms with van der Waals surface area (Å²) in [5.74, 6) is 0.717. The molecule has 1 aliphatic carbocycles. The Hall–Kier alpha value is -0.320. The summed E-state index contributed by atoms with van der Waals surface area (Å²) in [6.07, 6.45) is 3.56. The van der Waals surface area contributed by atoms with Crippen molar-refractivity contribution in [3.8, 4) is 0 Å². The first-order chi connectivity index (χ1) is 7.68. The van der Waals surface area contributed by atoms with Gasteiger partial charge in [0.25, 0.3) is 0 Å². The molecule has 1 aliphatic heterocycles. The molecule has 2 N–H and O–H groups in total. The third kappa shape index (κ3) is 3.57. The summed E-state index contributed by atoms with van der Waals surface area (Å²) in [5, 5.41) is 6.37. The van der Waals surface area contributed by atoms with Crippen LogP contribution in [0.5, 0.6) is 0 Å². The quantitative estimate of drug-likeness (QED) is 0.783. The first kappa shape index (κ1) is 14.7. The van der Waals surface area contributed by atoms with E-state index in [9.17, 15) is 4.79 Å². The van der Waals surface area contributed by atoms with E-state index in [0.717, 1.165) is 13.0 Å². The zero-order valence-electron chi connectivity index (χ0n) is 10.6. The fourth-order valence-corrected chi connectivity index (χ4v) is 2.66. The summed E-state index contributed by atoms with van der Waals surface area (Å²) in [7, 11) is 0. The number of ether oxygens (including phenoxy) is 1. The predicted molar refractivity (Wildman–Crippen MR) is 69.4 cm³/mol. The molecule has 0 aromatic rings. The number of halogens is 1. The molecule has 100 valence electrons. The lowest BCUT2D eigenvalue weighted by Gasteiger charge is -2.30. The van der Waals surface area contributed by atoms with Gasteiger partial charge in [-0.2, -0.15) is 0 Å². The van der Waals surface area contributed by atoms with Crippen molar-refractivity contribution >= 4 is 18.3 Å². The average Bonchev–Trinajstić information content (AvgIpc) is 2.65. The maximum absolute atomic E-state index is 12.1. The monoisotopic (exact) mass is 262 g/mol. The van der Waals surface area contributed by atoms with Gasteiger partial charge in [0.2, 0.25) is 5.91 Å². The van der Waals surface area contributed by atoms with E-state index in [4.69, 9.17) is 4.74 Å². The minimum Gasteiger partial charge on any atom is -0.375 e.